The van der Waals surface area contributed by atoms with E-state index in [0.717, 1.165) is 33.4 Å². The first-order valence-corrected chi connectivity index (χ1v) is 11.9. The van der Waals surface area contributed by atoms with Crippen LogP contribution in [0.3, 0.4) is 0 Å². The van der Waals surface area contributed by atoms with Gasteiger partial charge >= 0.3 is 0 Å². The van der Waals surface area contributed by atoms with Crippen LogP contribution in [0.4, 0.5) is 11.5 Å². The van der Waals surface area contributed by atoms with E-state index < -0.39 is 4.92 Å². The summed E-state index contributed by atoms with van der Waals surface area (Å²) in [7, 11) is 0. The topological polar surface area (TPSA) is 92.7 Å². The standard InChI is InChI=1S/C30H22N4O3/c35-26-18-15-21-9-4-5-10-24(21)28(26)25-11-6-12-27-32-29(22-13-16-23(17-14-22)34(36)37)30(33(25)27)31-19-20-7-2-1-3-8-20/h1-18,31,35H,19H2. The fourth-order valence-corrected chi connectivity index (χ4v) is 4.70. The molecule has 4 aromatic carbocycles. The molecule has 37 heavy (non-hydrogen) atoms. The number of aromatic nitrogens is 2. The maximum absolute atomic E-state index is 11.2. The Bertz CT molecular complexity index is 1760. The third-order valence-electron chi connectivity index (χ3n) is 6.46. The van der Waals surface area contributed by atoms with E-state index in [-0.39, 0.29) is 11.4 Å². The summed E-state index contributed by atoms with van der Waals surface area (Å²) in [6.07, 6.45) is 0. The zero-order chi connectivity index (χ0) is 25.4. The lowest BCUT2D eigenvalue weighted by molar-refractivity contribution is -0.384. The molecule has 0 aliphatic carbocycles. The van der Waals surface area contributed by atoms with Crippen molar-refractivity contribution in [1.82, 2.24) is 9.38 Å². The fraction of sp³-hybridized carbons (Fsp3) is 0.0333. The van der Waals surface area contributed by atoms with Gasteiger partial charge in [0.05, 0.1) is 10.6 Å². The van der Waals surface area contributed by atoms with Crippen LogP contribution in [0.25, 0.3) is 38.9 Å². The number of pyridine rings is 1. The molecule has 0 aliphatic rings. The molecule has 7 nitrogen and oxygen atoms in total. The van der Waals surface area contributed by atoms with E-state index >= 15 is 0 Å². The van der Waals surface area contributed by atoms with Gasteiger partial charge in [0.1, 0.15) is 22.9 Å². The van der Waals surface area contributed by atoms with Crippen molar-refractivity contribution >= 4 is 27.9 Å². The third kappa shape index (κ3) is 4.02. The minimum Gasteiger partial charge on any atom is -0.507 e. The molecule has 6 rings (SSSR count). The van der Waals surface area contributed by atoms with Gasteiger partial charge in [0.25, 0.3) is 5.69 Å². The lowest BCUT2D eigenvalue weighted by atomic mass is 10.0. The number of non-ortho nitro benzene ring substituents is 1. The molecule has 180 valence electrons. The quantitative estimate of drug-likeness (QED) is 0.194. The van der Waals surface area contributed by atoms with Crippen molar-refractivity contribution in [2.75, 3.05) is 5.32 Å². The molecule has 0 atom stereocenters. The highest BCUT2D eigenvalue weighted by Crippen LogP contribution is 2.40. The lowest BCUT2D eigenvalue weighted by Gasteiger charge is -2.15. The van der Waals surface area contributed by atoms with Gasteiger partial charge in [-0.1, -0.05) is 66.7 Å². The summed E-state index contributed by atoms with van der Waals surface area (Å²) < 4.78 is 2.00. The number of nitro benzene ring substituents is 1. The molecule has 0 bridgehead atoms. The van der Waals surface area contributed by atoms with Crippen molar-refractivity contribution in [2.45, 2.75) is 6.54 Å². The fourth-order valence-electron chi connectivity index (χ4n) is 4.70. The van der Waals surface area contributed by atoms with Crippen LogP contribution in [0, 0.1) is 10.1 Å². The maximum Gasteiger partial charge on any atom is 0.269 e. The predicted octanol–water partition coefficient (Wildman–Crippen LogP) is 7.05. The molecule has 6 aromatic rings. The van der Waals surface area contributed by atoms with Crippen molar-refractivity contribution in [2.24, 2.45) is 0 Å². The van der Waals surface area contributed by atoms with Gasteiger partial charge < -0.3 is 10.4 Å². The van der Waals surface area contributed by atoms with Crippen LogP contribution < -0.4 is 5.32 Å². The van der Waals surface area contributed by atoms with Gasteiger partial charge in [-0.25, -0.2) is 4.98 Å². The summed E-state index contributed by atoms with van der Waals surface area (Å²) in [6, 6.07) is 33.8. The molecule has 0 radical (unpaired) electrons. The molecule has 0 aliphatic heterocycles. The van der Waals surface area contributed by atoms with Gasteiger partial charge in [0.2, 0.25) is 0 Å². The molecule has 0 spiro atoms. The van der Waals surface area contributed by atoms with Gasteiger partial charge in [-0.2, -0.15) is 0 Å². The molecule has 0 unspecified atom stereocenters. The number of hydrogen-bond acceptors (Lipinski definition) is 5. The van der Waals surface area contributed by atoms with E-state index in [4.69, 9.17) is 4.98 Å². The van der Waals surface area contributed by atoms with Crippen LogP contribution >= 0.6 is 0 Å². The number of anilines is 1. The number of nitrogens with one attached hydrogen (secondary N) is 1. The Morgan fingerprint density at radius 1 is 0.838 bits per heavy atom. The highest BCUT2D eigenvalue weighted by Gasteiger charge is 2.20. The molecule has 0 amide bonds. The van der Waals surface area contributed by atoms with Crippen LogP contribution in [-0.4, -0.2) is 19.4 Å². The minimum absolute atomic E-state index is 0.0210. The second kappa shape index (κ2) is 9.13. The normalized spacial score (nSPS) is 11.1. The minimum atomic E-state index is -0.413. The second-order valence-electron chi connectivity index (χ2n) is 8.74. The van der Waals surface area contributed by atoms with Gasteiger partial charge in [-0.05, 0) is 46.7 Å². The van der Waals surface area contributed by atoms with E-state index in [1.807, 2.05) is 83.3 Å². The average molecular weight is 487 g/mol. The summed E-state index contributed by atoms with van der Waals surface area (Å²) in [4.78, 5) is 15.7. The Balaban J connectivity index is 1.60. The van der Waals surface area contributed by atoms with Crippen LogP contribution in [0.2, 0.25) is 0 Å². The number of nitrogens with zero attached hydrogens (tertiary/aromatic N) is 3. The number of hydrogen-bond donors (Lipinski definition) is 2. The Kier molecular flexibility index (Phi) is 5.50. The predicted molar refractivity (Wildman–Crippen MR) is 146 cm³/mol. The largest absolute Gasteiger partial charge is 0.507 e. The zero-order valence-electron chi connectivity index (χ0n) is 19.7. The van der Waals surface area contributed by atoms with Gasteiger partial charge in [-0.3, -0.25) is 14.5 Å². The van der Waals surface area contributed by atoms with Crippen molar-refractivity contribution in [3.63, 3.8) is 0 Å². The van der Waals surface area contributed by atoms with Crippen LogP contribution in [0.1, 0.15) is 5.56 Å². The Morgan fingerprint density at radius 3 is 2.38 bits per heavy atom. The highest BCUT2D eigenvalue weighted by atomic mass is 16.6. The van der Waals surface area contributed by atoms with E-state index in [9.17, 15) is 15.2 Å². The summed E-state index contributed by atoms with van der Waals surface area (Å²) in [5.41, 5.74) is 4.71. The van der Waals surface area contributed by atoms with Gasteiger partial charge in [-0.15, -0.1) is 0 Å². The first-order chi connectivity index (χ1) is 18.1. The number of phenols is 1. The highest BCUT2D eigenvalue weighted by molar-refractivity contribution is 5.99. The third-order valence-corrected chi connectivity index (χ3v) is 6.46. The zero-order valence-corrected chi connectivity index (χ0v) is 19.7. The van der Waals surface area contributed by atoms with E-state index in [1.54, 1.807) is 18.2 Å². The smallest absolute Gasteiger partial charge is 0.269 e. The number of aromatic hydroxyl groups is 1. The Labute approximate surface area is 212 Å². The molecule has 2 N–H and O–H groups in total. The SMILES string of the molecule is O=[N+]([O-])c1ccc(-c2nc3cccc(-c4c(O)ccc5ccccc45)n3c2NCc2ccccc2)cc1. The van der Waals surface area contributed by atoms with E-state index in [0.29, 0.717) is 23.4 Å². The Morgan fingerprint density at radius 2 is 1.59 bits per heavy atom. The van der Waals surface area contributed by atoms with Crippen LogP contribution in [0.15, 0.2) is 109 Å². The first-order valence-electron chi connectivity index (χ1n) is 11.9. The van der Waals surface area contributed by atoms with Crippen LogP contribution in [-0.2, 0) is 6.54 Å². The lowest BCUT2D eigenvalue weighted by Crippen LogP contribution is -2.05. The van der Waals surface area contributed by atoms with Gasteiger partial charge in [0, 0.05) is 29.8 Å². The van der Waals surface area contributed by atoms with Crippen molar-refractivity contribution < 1.29 is 10.0 Å². The number of phenolic OH excluding ortho intramolecular Hbond substituents is 1. The number of nitro groups is 1. The average Bonchev–Trinajstić information content (AvgIpc) is 3.31. The number of fused-ring (bicyclic) bond motifs is 2. The van der Waals surface area contributed by atoms with E-state index in [2.05, 4.69) is 5.32 Å². The number of rotatable bonds is 6. The second-order valence-corrected chi connectivity index (χ2v) is 8.74. The summed E-state index contributed by atoms with van der Waals surface area (Å²) >= 11 is 0. The summed E-state index contributed by atoms with van der Waals surface area (Å²) in [6.45, 7) is 0.546. The maximum atomic E-state index is 11.2. The van der Waals surface area contributed by atoms with Crippen molar-refractivity contribution in [1.29, 1.82) is 0 Å². The Hall–Kier alpha value is -5.17. The summed E-state index contributed by atoms with van der Waals surface area (Å²) in [5, 5.41) is 27.7. The van der Waals surface area contributed by atoms with E-state index in [1.165, 1.54) is 12.1 Å². The van der Waals surface area contributed by atoms with Gasteiger partial charge in [0.15, 0.2) is 0 Å². The van der Waals surface area contributed by atoms with Crippen LogP contribution in [0.5, 0.6) is 5.75 Å². The van der Waals surface area contributed by atoms with Crippen molar-refractivity contribution in [3.8, 4) is 28.3 Å². The molecule has 7 heteroatoms. The molecule has 0 saturated heterocycles. The molecular weight excluding hydrogens is 464 g/mol. The first kappa shape index (κ1) is 22.3. The summed E-state index contributed by atoms with van der Waals surface area (Å²) in [5.74, 6) is 0.904. The number of benzene rings is 4. The molecule has 0 fully saturated rings. The molecule has 0 saturated carbocycles. The molecular formula is C30H22N4O3. The monoisotopic (exact) mass is 486 g/mol. The van der Waals surface area contributed by atoms with Crippen molar-refractivity contribution in [3.05, 3.63) is 125 Å². The molecule has 2 heterocycles. The molecule has 2 aromatic heterocycles. The number of imidazole rings is 1.